The van der Waals surface area contributed by atoms with Crippen LogP contribution in [0.2, 0.25) is 0 Å². The smallest absolute Gasteiger partial charge is 0.387 e. The minimum Gasteiger partial charge on any atom is -0.481 e. The van der Waals surface area contributed by atoms with Gasteiger partial charge in [-0.25, -0.2) is 0 Å². The molecule has 3 rings (SSSR count). The molecule has 2 aromatic carbocycles. The van der Waals surface area contributed by atoms with Gasteiger partial charge >= 0.3 is 29.7 Å². The van der Waals surface area contributed by atoms with Gasteiger partial charge in [-0.1, -0.05) is 37.4 Å². The number of benzene rings is 2. The molecule has 0 unspecified atom stereocenters. The number of hydrogen-bond donors (Lipinski definition) is 2. The first-order valence-electron chi connectivity index (χ1n) is 11.3. The Labute approximate surface area is 218 Å². The van der Waals surface area contributed by atoms with Gasteiger partial charge < -0.3 is 19.7 Å². The van der Waals surface area contributed by atoms with Crippen molar-refractivity contribution < 1.29 is 55.6 Å². The highest BCUT2D eigenvalue weighted by atomic mass is 19.3. The van der Waals surface area contributed by atoms with Gasteiger partial charge in [0.2, 0.25) is 11.5 Å². The number of halogens is 6. The summed E-state index contributed by atoms with van der Waals surface area (Å²) >= 11 is 0. The quantitative estimate of drug-likeness (QED) is 0.287. The van der Waals surface area contributed by atoms with Crippen LogP contribution >= 0.6 is 0 Å². The number of aliphatic carboxylic acids is 2. The third-order valence-electron chi connectivity index (χ3n) is 5.83. The molecule has 1 aliphatic rings. The fraction of sp³-hybridized carbons (Fsp3) is 0.259. The molecule has 0 aromatic heterocycles. The van der Waals surface area contributed by atoms with E-state index in [9.17, 15) is 35.9 Å². The van der Waals surface area contributed by atoms with Gasteiger partial charge in [-0.15, -0.1) is 0 Å². The van der Waals surface area contributed by atoms with Crippen LogP contribution in [0.1, 0.15) is 35.1 Å². The highest BCUT2D eigenvalue weighted by molar-refractivity contribution is 5.68. The predicted molar refractivity (Wildman–Crippen MR) is 128 cm³/mol. The average Bonchev–Trinajstić information content (AvgIpc) is 2.96. The lowest BCUT2D eigenvalue weighted by molar-refractivity contribution is -0.273. The summed E-state index contributed by atoms with van der Waals surface area (Å²) in [5, 5.41) is 17.7. The van der Waals surface area contributed by atoms with Gasteiger partial charge in [0.1, 0.15) is 11.5 Å². The number of carbonyl (C=O) groups is 2. The first-order valence-corrected chi connectivity index (χ1v) is 11.3. The van der Waals surface area contributed by atoms with Gasteiger partial charge in [-0.3, -0.25) is 9.59 Å². The van der Waals surface area contributed by atoms with E-state index in [0.29, 0.717) is 11.1 Å². The van der Waals surface area contributed by atoms with Gasteiger partial charge in [0.15, 0.2) is 0 Å². The zero-order valence-electron chi connectivity index (χ0n) is 20.2. The maximum atomic E-state index is 14.8. The van der Waals surface area contributed by atoms with E-state index in [4.69, 9.17) is 19.7 Å². The van der Waals surface area contributed by atoms with E-state index in [-0.39, 0.29) is 36.8 Å². The minimum atomic E-state index is -5.92. The summed E-state index contributed by atoms with van der Waals surface area (Å²) in [5.41, 5.74) is 0.734. The van der Waals surface area contributed by atoms with Crippen LogP contribution < -0.4 is 9.47 Å². The van der Waals surface area contributed by atoms with Crippen LogP contribution in [0.15, 0.2) is 61.1 Å². The van der Waals surface area contributed by atoms with Crippen LogP contribution in [0.25, 0.3) is 12.2 Å². The predicted octanol–water partition coefficient (Wildman–Crippen LogP) is 6.60. The summed E-state index contributed by atoms with van der Waals surface area (Å²) in [4.78, 5) is 21.6. The number of carboxylic acids is 2. The highest BCUT2D eigenvalue weighted by Gasteiger charge is 2.83. The van der Waals surface area contributed by atoms with Crippen molar-refractivity contribution in [3.8, 4) is 11.5 Å². The molecule has 0 fully saturated rings. The molecule has 12 heteroatoms. The molecule has 0 atom stereocenters. The molecule has 0 heterocycles. The molecule has 6 nitrogen and oxygen atoms in total. The molecule has 2 N–H and O–H groups in total. The Bertz CT molecular complexity index is 1250. The van der Waals surface area contributed by atoms with Crippen LogP contribution in [-0.4, -0.2) is 39.9 Å². The lowest BCUT2D eigenvalue weighted by atomic mass is 10.1. The average molecular weight is 556 g/mol. The Hall–Kier alpha value is -4.22. The third-order valence-corrected chi connectivity index (χ3v) is 5.83. The van der Waals surface area contributed by atoms with Crippen molar-refractivity contribution in [3.05, 3.63) is 83.3 Å². The zero-order chi connectivity index (χ0) is 29.2. The standard InChI is InChI=1S/C27H22F6O6/c1-3-17-13-15(7-11-21(34)35)5-9-19(17)38-23-24(26(30,31)27(32,33)25(23,28)29)39-20-10-6-16(8-12-22(36)37)14-18(20)4-2/h3-6,9-10,13-14H,1-2,7-8,11-12H2,(H,34,35)(H,36,37). The van der Waals surface area contributed by atoms with E-state index in [1.165, 1.54) is 24.3 Å². The third kappa shape index (κ3) is 5.64. The highest BCUT2D eigenvalue weighted by Crippen LogP contribution is 2.59. The summed E-state index contributed by atoms with van der Waals surface area (Å²) in [7, 11) is 0. The lowest BCUT2D eigenvalue weighted by Crippen LogP contribution is -2.50. The number of hydrogen-bond acceptors (Lipinski definition) is 4. The Kier molecular flexibility index (Phi) is 8.18. The van der Waals surface area contributed by atoms with E-state index in [0.717, 1.165) is 24.3 Å². The molecular formula is C27H22F6O6. The Morgan fingerprint density at radius 2 is 1.08 bits per heavy atom. The van der Waals surface area contributed by atoms with E-state index >= 15 is 0 Å². The van der Waals surface area contributed by atoms with Crippen molar-refractivity contribution in [1.29, 1.82) is 0 Å². The summed E-state index contributed by atoms with van der Waals surface area (Å²) in [5.74, 6) is -24.4. The van der Waals surface area contributed by atoms with E-state index in [1.807, 2.05) is 0 Å². The first-order chi connectivity index (χ1) is 18.1. The number of carboxylic acid groups (broad SMARTS) is 2. The number of aryl methyl sites for hydroxylation is 2. The second-order valence-electron chi connectivity index (χ2n) is 8.53. The monoisotopic (exact) mass is 556 g/mol. The van der Waals surface area contributed by atoms with E-state index in [2.05, 4.69) is 13.2 Å². The maximum absolute atomic E-state index is 14.8. The molecule has 2 aromatic rings. The van der Waals surface area contributed by atoms with Crippen molar-refractivity contribution in [2.24, 2.45) is 0 Å². The SMILES string of the molecule is C=Cc1cc(CCC(=O)O)ccc1OC1=C(Oc2ccc(CCC(=O)O)cc2C=C)C(F)(F)C(F)(F)C1(F)F. The zero-order valence-corrected chi connectivity index (χ0v) is 20.2. The first kappa shape index (κ1) is 29.3. The van der Waals surface area contributed by atoms with E-state index in [1.54, 1.807) is 0 Å². The summed E-state index contributed by atoms with van der Waals surface area (Å²) in [6.45, 7) is 6.93. The van der Waals surface area contributed by atoms with Gasteiger partial charge in [-0.05, 0) is 48.2 Å². The molecular weight excluding hydrogens is 534 g/mol. The summed E-state index contributed by atoms with van der Waals surface area (Å²) in [6.07, 6.45) is 1.72. The molecule has 208 valence electrons. The topological polar surface area (TPSA) is 93.1 Å². The number of allylic oxidation sites excluding steroid dienone is 2. The number of alkyl halides is 6. The van der Waals surface area contributed by atoms with Crippen LogP contribution in [0.3, 0.4) is 0 Å². The molecule has 0 bridgehead atoms. The minimum absolute atomic E-state index is 0.0343. The Morgan fingerprint density at radius 3 is 1.38 bits per heavy atom. The summed E-state index contributed by atoms with van der Waals surface area (Å²) < 4.78 is 98.0. The molecule has 0 saturated heterocycles. The molecule has 0 aliphatic heterocycles. The molecule has 0 amide bonds. The van der Waals surface area contributed by atoms with Crippen LogP contribution in [0.5, 0.6) is 11.5 Å². The molecule has 39 heavy (non-hydrogen) atoms. The van der Waals surface area contributed by atoms with Crippen molar-refractivity contribution >= 4 is 24.1 Å². The van der Waals surface area contributed by atoms with Crippen molar-refractivity contribution in [1.82, 2.24) is 0 Å². The molecule has 1 aliphatic carbocycles. The molecule has 0 spiro atoms. The molecule has 0 radical (unpaired) electrons. The van der Waals surface area contributed by atoms with Gasteiger partial charge in [0, 0.05) is 24.0 Å². The van der Waals surface area contributed by atoms with Crippen LogP contribution in [-0.2, 0) is 22.4 Å². The van der Waals surface area contributed by atoms with Gasteiger partial charge in [0.25, 0.3) is 0 Å². The Morgan fingerprint density at radius 1 is 0.718 bits per heavy atom. The molecule has 0 saturated carbocycles. The van der Waals surface area contributed by atoms with Crippen molar-refractivity contribution in [2.45, 2.75) is 43.5 Å². The van der Waals surface area contributed by atoms with Crippen molar-refractivity contribution in [2.75, 3.05) is 0 Å². The fourth-order valence-corrected chi connectivity index (χ4v) is 3.72. The number of rotatable bonds is 12. The van der Waals surface area contributed by atoms with Crippen LogP contribution in [0, 0.1) is 0 Å². The normalized spacial score (nSPS) is 17.0. The van der Waals surface area contributed by atoms with Crippen molar-refractivity contribution in [3.63, 3.8) is 0 Å². The summed E-state index contributed by atoms with van der Waals surface area (Å²) in [6, 6.07) is 7.19. The largest absolute Gasteiger partial charge is 0.481 e. The Balaban J connectivity index is 2.08. The maximum Gasteiger partial charge on any atom is 0.387 e. The van der Waals surface area contributed by atoms with E-state index < -0.39 is 52.7 Å². The second kappa shape index (κ2) is 10.9. The van der Waals surface area contributed by atoms with Crippen LogP contribution in [0.4, 0.5) is 26.3 Å². The fourth-order valence-electron chi connectivity index (χ4n) is 3.72. The lowest BCUT2D eigenvalue weighted by Gasteiger charge is -2.24. The number of ether oxygens (including phenoxy) is 2. The van der Waals surface area contributed by atoms with Gasteiger partial charge in [-0.2, -0.15) is 26.3 Å². The van der Waals surface area contributed by atoms with Gasteiger partial charge in [0.05, 0.1) is 0 Å². The second-order valence-corrected chi connectivity index (χ2v) is 8.53.